The number of rotatable bonds is 6. The quantitative estimate of drug-likeness (QED) is 0.664. The van der Waals surface area contributed by atoms with Crippen molar-refractivity contribution >= 4 is 11.6 Å². The van der Waals surface area contributed by atoms with Crippen LogP contribution >= 0.6 is 0 Å². The minimum absolute atomic E-state index is 0.0662. The molecule has 0 saturated heterocycles. The van der Waals surface area contributed by atoms with E-state index >= 15 is 0 Å². The van der Waals surface area contributed by atoms with Gasteiger partial charge in [-0.1, -0.05) is 25.1 Å². The number of hydrogen-bond donors (Lipinski definition) is 0. The number of carbonyl (C=O) groups is 1. The first-order valence-electron chi connectivity index (χ1n) is 9.15. The summed E-state index contributed by atoms with van der Waals surface area (Å²) in [6.07, 6.45) is -0.364. The van der Waals surface area contributed by atoms with E-state index in [2.05, 4.69) is 5.16 Å². The Balaban J connectivity index is 1.73. The van der Waals surface area contributed by atoms with Gasteiger partial charge in [0.1, 0.15) is 23.3 Å². The highest BCUT2D eigenvalue weighted by Gasteiger charge is 2.29. The molecule has 0 bridgehead atoms. The molecule has 29 heavy (non-hydrogen) atoms. The highest BCUT2D eigenvalue weighted by atomic mass is 19.1. The van der Waals surface area contributed by atoms with Crippen LogP contribution < -0.4 is 0 Å². The van der Waals surface area contributed by atoms with Gasteiger partial charge in [0.15, 0.2) is 6.10 Å². The summed E-state index contributed by atoms with van der Waals surface area (Å²) >= 11 is 0. The van der Waals surface area contributed by atoms with Crippen LogP contribution in [0.1, 0.15) is 31.4 Å². The Labute approximate surface area is 165 Å². The lowest BCUT2D eigenvalue weighted by Crippen LogP contribution is -2.39. The van der Waals surface area contributed by atoms with Crippen molar-refractivity contribution < 1.29 is 27.2 Å². The van der Waals surface area contributed by atoms with Gasteiger partial charge in [0.2, 0.25) is 5.91 Å². The largest absolute Gasteiger partial charge is 0.390 e. The normalized spacial score (nSPS) is 16.0. The van der Waals surface area contributed by atoms with Crippen molar-refractivity contribution in [1.82, 2.24) is 4.90 Å². The molecule has 154 valence electrons. The highest BCUT2D eigenvalue weighted by Crippen LogP contribution is 2.22. The van der Waals surface area contributed by atoms with Crippen molar-refractivity contribution in [2.75, 3.05) is 6.54 Å². The van der Waals surface area contributed by atoms with Gasteiger partial charge in [-0.05, 0) is 18.2 Å². The summed E-state index contributed by atoms with van der Waals surface area (Å²) in [5, 5.41) is 3.86. The lowest BCUT2D eigenvalue weighted by molar-refractivity contribution is -0.137. The highest BCUT2D eigenvalue weighted by molar-refractivity contribution is 6.01. The van der Waals surface area contributed by atoms with Crippen molar-refractivity contribution in [3.05, 3.63) is 70.8 Å². The van der Waals surface area contributed by atoms with E-state index in [9.17, 15) is 22.4 Å². The predicted molar refractivity (Wildman–Crippen MR) is 99.0 cm³/mol. The fourth-order valence-electron chi connectivity index (χ4n) is 3.11. The standard InChI is InChI=1S/C21H20F4N2O2/c1-12(2)21(28)27(10-13-3-4-14(22)7-18(13)24)11-16-9-20(26-29-16)17-6-5-15(23)8-19(17)25/h3-8,12,16H,9-11H2,1-2H3/t16-/m0/s1. The second-order valence-electron chi connectivity index (χ2n) is 7.20. The van der Waals surface area contributed by atoms with Crippen LogP contribution in [0.15, 0.2) is 41.6 Å². The Morgan fingerprint density at radius 3 is 2.38 bits per heavy atom. The molecule has 1 aliphatic rings. The zero-order valence-electron chi connectivity index (χ0n) is 16.0. The average molecular weight is 408 g/mol. The molecule has 3 rings (SSSR count). The Bertz CT molecular complexity index is 946. The maximum absolute atomic E-state index is 14.0. The first kappa shape index (κ1) is 20.8. The molecule has 1 amide bonds. The molecule has 1 aliphatic heterocycles. The molecule has 0 saturated carbocycles. The van der Waals surface area contributed by atoms with Crippen LogP contribution in [0, 0.1) is 29.2 Å². The number of amides is 1. The molecule has 8 heteroatoms. The van der Waals surface area contributed by atoms with Gasteiger partial charge >= 0.3 is 0 Å². The molecule has 1 heterocycles. The number of hydrogen-bond acceptors (Lipinski definition) is 3. The van der Waals surface area contributed by atoms with Gasteiger partial charge in [0, 0.05) is 42.1 Å². The topological polar surface area (TPSA) is 41.9 Å². The molecule has 2 aromatic rings. The smallest absolute Gasteiger partial charge is 0.225 e. The van der Waals surface area contributed by atoms with Gasteiger partial charge < -0.3 is 9.74 Å². The van der Waals surface area contributed by atoms with E-state index in [0.29, 0.717) is 5.71 Å². The summed E-state index contributed by atoms with van der Waals surface area (Å²) < 4.78 is 54.3. The summed E-state index contributed by atoms with van der Waals surface area (Å²) in [6, 6.07) is 6.34. The molecule has 0 fully saturated rings. The van der Waals surface area contributed by atoms with Gasteiger partial charge in [-0.25, -0.2) is 17.6 Å². The van der Waals surface area contributed by atoms with Crippen LogP contribution in [0.2, 0.25) is 0 Å². The van der Waals surface area contributed by atoms with E-state index in [-0.39, 0.29) is 42.5 Å². The molecule has 0 unspecified atom stereocenters. The fraction of sp³-hybridized carbons (Fsp3) is 0.333. The van der Waals surface area contributed by atoms with E-state index in [4.69, 9.17) is 4.84 Å². The van der Waals surface area contributed by atoms with Gasteiger partial charge in [-0.2, -0.15) is 0 Å². The van der Waals surface area contributed by atoms with Crippen LogP contribution in [0.25, 0.3) is 0 Å². The third-order valence-electron chi connectivity index (χ3n) is 4.58. The van der Waals surface area contributed by atoms with E-state index in [1.807, 2.05) is 0 Å². The van der Waals surface area contributed by atoms with Crippen LogP contribution in [0.3, 0.4) is 0 Å². The molecule has 0 N–H and O–H groups in total. The third-order valence-corrected chi connectivity index (χ3v) is 4.58. The molecule has 0 aromatic heterocycles. The van der Waals surface area contributed by atoms with E-state index in [1.165, 1.54) is 17.0 Å². The lowest BCUT2D eigenvalue weighted by atomic mass is 10.0. The van der Waals surface area contributed by atoms with Crippen LogP contribution in [0.5, 0.6) is 0 Å². The van der Waals surface area contributed by atoms with Crippen LogP contribution in [0.4, 0.5) is 17.6 Å². The molecule has 0 aliphatic carbocycles. The number of halogens is 4. The number of benzene rings is 2. The lowest BCUT2D eigenvalue weighted by Gasteiger charge is -2.26. The molecule has 2 aromatic carbocycles. The maximum Gasteiger partial charge on any atom is 0.225 e. The van der Waals surface area contributed by atoms with E-state index < -0.39 is 29.4 Å². The van der Waals surface area contributed by atoms with Gasteiger partial charge in [-0.15, -0.1) is 0 Å². The Morgan fingerprint density at radius 2 is 1.76 bits per heavy atom. The van der Waals surface area contributed by atoms with Crippen molar-refractivity contribution in [3.63, 3.8) is 0 Å². The summed E-state index contributed by atoms with van der Waals surface area (Å²) in [5.74, 6) is -3.49. The van der Waals surface area contributed by atoms with E-state index in [0.717, 1.165) is 24.3 Å². The van der Waals surface area contributed by atoms with Crippen LogP contribution in [-0.4, -0.2) is 29.2 Å². The Hall–Kier alpha value is -2.90. The molecule has 0 spiro atoms. The molecular formula is C21H20F4N2O2. The van der Waals surface area contributed by atoms with E-state index in [1.54, 1.807) is 13.8 Å². The maximum atomic E-state index is 14.0. The minimum Gasteiger partial charge on any atom is -0.390 e. The second-order valence-corrected chi connectivity index (χ2v) is 7.20. The monoisotopic (exact) mass is 408 g/mol. The van der Waals surface area contributed by atoms with Crippen molar-refractivity contribution in [2.45, 2.75) is 32.9 Å². The Morgan fingerprint density at radius 1 is 1.10 bits per heavy atom. The van der Waals surface area contributed by atoms with Gasteiger partial charge in [0.05, 0.1) is 12.3 Å². The second kappa shape index (κ2) is 8.63. The SMILES string of the molecule is CC(C)C(=O)N(Cc1ccc(F)cc1F)C[C@@H]1CC(c2ccc(F)cc2F)=NO1. The zero-order chi connectivity index (χ0) is 21.1. The van der Waals surface area contributed by atoms with Crippen LogP contribution in [-0.2, 0) is 16.2 Å². The third kappa shape index (κ3) is 4.93. The molecular weight excluding hydrogens is 388 g/mol. The van der Waals surface area contributed by atoms with Crippen molar-refractivity contribution in [2.24, 2.45) is 11.1 Å². The summed E-state index contributed by atoms with van der Waals surface area (Å²) in [7, 11) is 0. The van der Waals surface area contributed by atoms with Gasteiger partial charge in [-0.3, -0.25) is 4.79 Å². The molecule has 4 nitrogen and oxygen atoms in total. The van der Waals surface area contributed by atoms with Gasteiger partial charge in [0.25, 0.3) is 0 Å². The average Bonchev–Trinajstić information content (AvgIpc) is 3.10. The zero-order valence-corrected chi connectivity index (χ0v) is 16.0. The fourth-order valence-corrected chi connectivity index (χ4v) is 3.11. The first-order chi connectivity index (χ1) is 13.7. The number of carbonyl (C=O) groups excluding carboxylic acids is 1. The predicted octanol–water partition coefficient (Wildman–Crippen LogP) is 4.42. The van der Waals surface area contributed by atoms with Crippen molar-refractivity contribution in [1.29, 1.82) is 0 Å². The first-order valence-corrected chi connectivity index (χ1v) is 9.15. The molecule has 0 radical (unpaired) electrons. The van der Waals surface area contributed by atoms with Crippen molar-refractivity contribution in [3.8, 4) is 0 Å². The summed E-state index contributed by atoms with van der Waals surface area (Å²) in [6.45, 7) is 3.44. The Kier molecular flexibility index (Phi) is 6.20. The number of oxime groups is 1. The molecule has 1 atom stereocenters. The minimum atomic E-state index is -0.753. The number of nitrogens with zero attached hydrogens (tertiary/aromatic N) is 2. The summed E-state index contributed by atoms with van der Waals surface area (Å²) in [5.41, 5.74) is 0.599. The summed E-state index contributed by atoms with van der Waals surface area (Å²) in [4.78, 5) is 19.3.